The first-order valence-electron chi connectivity index (χ1n) is 6.78. The Kier molecular flexibility index (Phi) is 4.62. The third-order valence-corrected chi connectivity index (χ3v) is 3.32. The predicted octanol–water partition coefficient (Wildman–Crippen LogP) is 1.88. The van der Waals surface area contributed by atoms with E-state index in [1.165, 1.54) is 6.07 Å². The van der Waals surface area contributed by atoms with E-state index in [-0.39, 0.29) is 24.3 Å². The maximum atomic E-state index is 13.8. The van der Waals surface area contributed by atoms with Gasteiger partial charge in [0.1, 0.15) is 5.82 Å². The molecule has 21 heavy (non-hydrogen) atoms. The van der Waals surface area contributed by atoms with Gasteiger partial charge in [0.05, 0.1) is 5.92 Å². The smallest absolute Gasteiger partial charge is 0.233 e. The Bertz CT molecular complexity index is 599. The van der Waals surface area contributed by atoms with Crippen LogP contribution in [0.15, 0.2) is 24.3 Å². The van der Waals surface area contributed by atoms with Crippen LogP contribution < -0.4 is 0 Å². The lowest BCUT2D eigenvalue weighted by atomic mass is 10.1. The van der Waals surface area contributed by atoms with E-state index < -0.39 is 5.92 Å². The van der Waals surface area contributed by atoms with Gasteiger partial charge in [0.15, 0.2) is 5.82 Å². The average Bonchev–Trinajstić information content (AvgIpc) is 2.98. The Balaban J connectivity index is 2.19. The molecule has 1 aromatic heterocycles. The van der Waals surface area contributed by atoms with Gasteiger partial charge in [-0.25, -0.2) is 4.39 Å². The maximum absolute atomic E-state index is 13.8. The second-order valence-corrected chi connectivity index (χ2v) is 5.14. The quantitative estimate of drug-likeness (QED) is 0.912. The van der Waals surface area contributed by atoms with E-state index in [0.717, 1.165) is 0 Å². The lowest BCUT2D eigenvalue weighted by Crippen LogP contribution is -2.39. The molecular weight excluding hydrogens is 273 g/mol. The number of amides is 1. The molecule has 0 radical (unpaired) electrons. The fraction of sp³-hybridized carbons (Fsp3) is 0.429. The highest BCUT2D eigenvalue weighted by Crippen LogP contribution is 2.18. The Labute approximate surface area is 122 Å². The molecule has 0 bridgehead atoms. The molecule has 6 nitrogen and oxygen atoms in total. The first kappa shape index (κ1) is 15.1. The number of hydrogen-bond acceptors (Lipinski definition) is 4. The molecule has 0 aliphatic heterocycles. The number of halogens is 1. The van der Waals surface area contributed by atoms with Gasteiger partial charge in [0.25, 0.3) is 0 Å². The number of aromatic nitrogens is 4. The molecule has 1 heterocycles. The van der Waals surface area contributed by atoms with Crippen molar-refractivity contribution in [3.63, 3.8) is 0 Å². The van der Waals surface area contributed by atoms with Crippen LogP contribution in [-0.2, 0) is 11.3 Å². The highest BCUT2D eigenvalue weighted by Gasteiger charge is 2.27. The summed E-state index contributed by atoms with van der Waals surface area (Å²) < 4.78 is 13.8. The Morgan fingerprint density at radius 2 is 2.05 bits per heavy atom. The average molecular weight is 291 g/mol. The van der Waals surface area contributed by atoms with Crippen molar-refractivity contribution < 1.29 is 9.18 Å². The SMILES string of the molecule is CC(C(=O)N(Cc1ccccc1F)C(C)C)c1nn[nH]n1. The van der Waals surface area contributed by atoms with Gasteiger partial charge >= 0.3 is 0 Å². The lowest BCUT2D eigenvalue weighted by Gasteiger charge is -2.29. The van der Waals surface area contributed by atoms with Crippen LogP contribution in [0.2, 0.25) is 0 Å². The maximum Gasteiger partial charge on any atom is 0.233 e. The topological polar surface area (TPSA) is 74.8 Å². The van der Waals surface area contributed by atoms with Crippen LogP contribution in [0.3, 0.4) is 0 Å². The zero-order chi connectivity index (χ0) is 15.4. The van der Waals surface area contributed by atoms with Crippen LogP contribution in [0.1, 0.15) is 38.1 Å². The number of carbonyl (C=O) groups excluding carboxylic acids is 1. The van der Waals surface area contributed by atoms with E-state index >= 15 is 0 Å². The van der Waals surface area contributed by atoms with E-state index in [1.54, 1.807) is 30.0 Å². The highest BCUT2D eigenvalue weighted by molar-refractivity contribution is 5.82. The molecule has 2 rings (SSSR count). The summed E-state index contributed by atoms with van der Waals surface area (Å²) in [6.45, 7) is 5.71. The number of nitrogens with one attached hydrogen (secondary N) is 1. The van der Waals surface area contributed by atoms with Gasteiger partial charge in [0, 0.05) is 18.2 Å². The number of benzene rings is 1. The van der Waals surface area contributed by atoms with Crippen LogP contribution in [0, 0.1) is 5.82 Å². The summed E-state index contributed by atoms with van der Waals surface area (Å²) in [5, 5.41) is 13.5. The third kappa shape index (κ3) is 3.42. The number of nitrogens with zero attached hydrogens (tertiary/aromatic N) is 4. The molecule has 1 amide bonds. The largest absolute Gasteiger partial charge is 0.335 e. The molecule has 0 spiro atoms. The van der Waals surface area contributed by atoms with E-state index in [1.807, 2.05) is 13.8 Å². The van der Waals surface area contributed by atoms with Crippen molar-refractivity contribution in [2.45, 2.75) is 39.3 Å². The fourth-order valence-electron chi connectivity index (χ4n) is 2.04. The summed E-state index contributed by atoms with van der Waals surface area (Å²) in [4.78, 5) is 14.2. The number of hydrogen-bond donors (Lipinski definition) is 1. The minimum atomic E-state index is -0.530. The number of tetrazole rings is 1. The summed E-state index contributed by atoms with van der Waals surface area (Å²) >= 11 is 0. The molecule has 0 saturated heterocycles. The molecule has 0 saturated carbocycles. The van der Waals surface area contributed by atoms with Gasteiger partial charge < -0.3 is 4.90 Å². The van der Waals surface area contributed by atoms with Crippen molar-refractivity contribution in [1.29, 1.82) is 0 Å². The predicted molar refractivity (Wildman–Crippen MR) is 74.7 cm³/mol. The Morgan fingerprint density at radius 3 is 2.62 bits per heavy atom. The van der Waals surface area contributed by atoms with Crippen LogP contribution in [0.25, 0.3) is 0 Å². The standard InChI is InChI=1S/C14H18FN5O/c1-9(2)20(8-11-6-4-5-7-12(11)15)14(21)10(3)13-16-18-19-17-13/h4-7,9-10H,8H2,1-3H3,(H,16,17,18,19). The molecule has 0 aliphatic rings. The summed E-state index contributed by atoms with van der Waals surface area (Å²) in [5.74, 6) is -0.671. The van der Waals surface area contributed by atoms with Gasteiger partial charge in [-0.05, 0) is 26.8 Å². The van der Waals surface area contributed by atoms with Crippen molar-refractivity contribution >= 4 is 5.91 Å². The minimum absolute atomic E-state index is 0.0635. The number of aromatic amines is 1. The van der Waals surface area contributed by atoms with Crippen molar-refractivity contribution in [3.05, 3.63) is 41.5 Å². The van der Waals surface area contributed by atoms with E-state index in [0.29, 0.717) is 11.4 Å². The molecule has 1 atom stereocenters. The lowest BCUT2D eigenvalue weighted by molar-refractivity contribution is -0.135. The zero-order valence-corrected chi connectivity index (χ0v) is 12.2. The van der Waals surface area contributed by atoms with Gasteiger partial charge in [-0.15, -0.1) is 10.2 Å². The fourth-order valence-corrected chi connectivity index (χ4v) is 2.04. The van der Waals surface area contributed by atoms with Crippen LogP contribution in [-0.4, -0.2) is 37.5 Å². The van der Waals surface area contributed by atoms with Crippen molar-refractivity contribution in [3.8, 4) is 0 Å². The normalized spacial score (nSPS) is 12.4. The van der Waals surface area contributed by atoms with E-state index in [2.05, 4.69) is 20.6 Å². The van der Waals surface area contributed by atoms with Gasteiger partial charge in [-0.3, -0.25) is 4.79 Å². The van der Waals surface area contributed by atoms with Crippen LogP contribution >= 0.6 is 0 Å². The van der Waals surface area contributed by atoms with Crippen molar-refractivity contribution in [2.24, 2.45) is 0 Å². The Hall–Kier alpha value is -2.31. The van der Waals surface area contributed by atoms with Gasteiger partial charge in [-0.1, -0.05) is 23.4 Å². The molecule has 0 aliphatic carbocycles. The zero-order valence-electron chi connectivity index (χ0n) is 12.2. The second-order valence-electron chi connectivity index (χ2n) is 5.14. The molecule has 1 aromatic carbocycles. The van der Waals surface area contributed by atoms with Crippen LogP contribution in [0.5, 0.6) is 0 Å². The molecule has 7 heteroatoms. The van der Waals surface area contributed by atoms with E-state index in [9.17, 15) is 9.18 Å². The summed E-state index contributed by atoms with van der Waals surface area (Å²) in [5.41, 5.74) is 0.486. The summed E-state index contributed by atoms with van der Waals surface area (Å²) in [6, 6.07) is 6.39. The van der Waals surface area contributed by atoms with Crippen molar-refractivity contribution in [1.82, 2.24) is 25.5 Å². The van der Waals surface area contributed by atoms with E-state index in [4.69, 9.17) is 0 Å². The number of H-pyrrole nitrogens is 1. The van der Waals surface area contributed by atoms with Gasteiger partial charge in [0.2, 0.25) is 5.91 Å². The summed E-state index contributed by atoms with van der Waals surface area (Å²) in [6.07, 6.45) is 0. The molecule has 1 unspecified atom stereocenters. The monoisotopic (exact) mass is 291 g/mol. The molecule has 1 N–H and O–H groups in total. The number of carbonyl (C=O) groups is 1. The first-order valence-corrected chi connectivity index (χ1v) is 6.78. The van der Waals surface area contributed by atoms with Crippen LogP contribution in [0.4, 0.5) is 4.39 Å². The van der Waals surface area contributed by atoms with Gasteiger partial charge in [-0.2, -0.15) is 5.21 Å². The first-order chi connectivity index (χ1) is 10.0. The Morgan fingerprint density at radius 1 is 1.33 bits per heavy atom. The second kappa shape index (κ2) is 6.43. The molecular formula is C14H18FN5O. The number of rotatable bonds is 5. The minimum Gasteiger partial charge on any atom is -0.335 e. The highest BCUT2D eigenvalue weighted by atomic mass is 19.1. The third-order valence-electron chi connectivity index (χ3n) is 3.32. The molecule has 112 valence electrons. The summed E-state index contributed by atoms with van der Waals surface area (Å²) in [7, 11) is 0. The molecule has 0 fully saturated rings. The van der Waals surface area contributed by atoms with Crippen molar-refractivity contribution in [2.75, 3.05) is 0 Å². The molecule has 2 aromatic rings.